The van der Waals surface area contributed by atoms with Crippen LogP contribution in [0.2, 0.25) is 0 Å². The van der Waals surface area contributed by atoms with Crippen LogP contribution in [0.15, 0.2) is 11.6 Å². The molecular weight excluding hydrogens is 614 g/mol. The molecule has 10 heteroatoms. The van der Waals surface area contributed by atoms with Gasteiger partial charge in [-0.15, -0.1) is 0 Å². The molecule has 1 saturated heterocycles. The third kappa shape index (κ3) is 7.00. The van der Waals surface area contributed by atoms with Gasteiger partial charge in [-0.3, -0.25) is 4.79 Å². The molecule has 6 N–H and O–H groups in total. The predicted molar refractivity (Wildman–Crippen MR) is 180 cm³/mol. The van der Waals surface area contributed by atoms with E-state index in [1.54, 1.807) is 0 Å². The summed E-state index contributed by atoms with van der Waals surface area (Å²) < 4.78 is 12.3. The van der Waals surface area contributed by atoms with Crippen LogP contribution in [0.1, 0.15) is 119 Å². The first-order valence-corrected chi connectivity index (χ1v) is 18.8. The Bertz CT molecular complexity index is 1190. The number of aliphatic carboxylic acids is 1. The fraction of sp³-hybridized carbons (Fsp3) is 0.895. The average Bonchev–Trinajstić information content (AvgIpc) is 3.38. The van der Waals surface area contributed by atoms with Gasteiger partial charge >= 0.3 is 5.97 Å². The first-order valence-electron chi connectivity index (χ1n) is 18.8. The molecule has 1 heterocycles. The Hall–Kier alpha value is -1.56. The van der Waals surface area contributed by atoms with Gasteiger partial charge < -0.3 is 40.3 Å². The molecule has 4 aliphatic carbocycles. The molecule has 3 saturated carbocycles. The number of ether oxygens (including phenoxy) is 2. The molecule has 5 aliphatic rings. The first-order chi connectivity index (χ1) is 22.6. The lowest BCUT2D eigenvalue weighted by molar-refractivity contribution is -0.324. The number of amides is 1. The number of carboxylic acid groups (broad SMARTS) is 1. The number of nitrogens with one attached hydrogen (secondary N) is 1. The lowest BCUT2D eigenvalue weighted by atomic mass is 9.47. The summed E-state index contributed by atoms with van der Waals surface area (Å²) in [4.78, 5) is 24.7. The first kappa shape index (κ1) is 37.7. The number of hydrogen-bond acceptors (Lipinski definition) is 8. The van der Waals surface area contributed by atoms with Crippen molar-refractivity contribution in [3.63, 3.8) is 0 Å². The predicted octanol–water partition coefficient (Wildman–Crippen LogP) is 4.56. The summed E-state index contributed by atoms with van der Waals surface area (Å²) in [6.45, 7) is 12.6. The second-order valence-corrected chi connectivity index (χ2v) is 17.2. The van der Waals surface area contributed by atoms with Gasteiger partial charge in [-0.25, -0.2) is 4.79 Å². The van der Waals surface area contributed by atoms with E-state index in [-0.39, 0.29) is 5.41 Å². The smallest absolute Gasteiger partial charge is 0.364 e. The highest BCUT2D eigenvalue weighted by atomic mass is 16.7. The standard InChI is InChI=1S/C38H63NO9/c1-21(2)8-7-9-22(3)27-12-13-28-26-11-10-24-18-25(14-16-36(24,5)29(26)15-17-37(27,28)6)47-38(35(45)46)19-30(42)32(39-23(4)41)34(48-38)33(44)31(43)20-40/h10,21-22,25-34,40,42-44H,7-9,11-20H2,1-6H3,(H,39,41)(H,45,46)/t22-,25+,26+,27-,28+,29+,30+,31-,32-,33-,34-,36+,37-,38-/m1/s1. The molecule has 0 spiro atoms. The van der Waals surface area contributed by atoms with Crippen LogP contribution in [0.3, 0.4) is 0 Å². The van der Waals surface area contributed by atoms with Crippen LogP contribution >= 0.6 is 0 Å². The van der Waals surface area contributed by atoms with Gasteiger partial charge in [0.05, 0.1) is 24.9 Å². The van der Waals surface area contributed by atoms with E-state index < -0.39 is 67.3 Å². The SMILES string of the molecule is CC(=O)N[C@H]1[C@H]([C@H](O)[C@H](O)CO)O[C@@](O[C@H]2CC[C@@]3(C)C(=CC[C@H]4[C@@H]5CC[C@H]([C@H](C)CCCC(C)C)[C@@]5(C)CC[C@@H]43)C2)(C(=O)O)C[C@@H]1O. The van der Waals surface area contributed by atoms with Crippen LogP contribution in [-0.4, -0.2) is 86.4 Å². The number of hydrogen-bond donors (Lipinski definition) is 6. The van der Waals surface area contributed by atoms with E-state index in [4.69, 9.17) is 9.47 Å². The fourth-order valence-corrected chi connectivity index (χ4v) is 11.3. The molecule has 4 fully saturated rings. The van der Waals surface area contributed by atoms with Crippen molar-refractivity contribution in [1.29, 1.82) is 0 Å². The molecule has 10 nitrogen and oxygen atoms in total. The lowest BCUT2D eigenvalue weighted by Gasteiger charge is -2.59. The van der Waals surface area contributed by atoms with Gasteiger partial charge in [0.1, 0.15) is 18.3 Å². The molecule has 0 aromatic carbocycles. The second-order valence-electron chi connectivity index (χ2n) is 17.2. The summed E-state index contributed by atoms with van der Waals surface area (Å²) >= 11 is 0. The summed E-state index contributed by atoms with van der Waals surface area (Å²) in [5, 5.41) is 54.5. The summed E-state index contributed by atoms with van der Waals surface area (Å²) in [5.74, 6) is 0.0225. The van der Waals surface area contributed by atoms with E-state index in [9.17, 15) is 35.1 Å². The molecular formula is C38H63NO9. The molecule has 5 rings (SSSR count). The molecule has 0 bridgehead atoms. The Morgan fingerprint density at radius 2 is 1.79 bits per heavy atom. The maximum atomic E-state index is 12.8. The van der Waals surface area contributed by atoms with E-state index in [2.05, 4.69) is 46.0 Å². The van der Waals surface area contributed by atoms with E-state index in [1.165, 1.54) is 57.4 Å². The normalized spacial score (nSPS) is 42.9. The zero-order valence-electron chi connectivity index (χ0n) is 30.1. The van der Waals surface area contributed by atoms with E-state index in [0.717, 1.165) is 36.5 Å². The molecule has 48 heavy (non-hydrogen) atoms. The molecule has 0 aromatic rings. The van der Waals surface area contributed by atoms with Gasteiger partial charge in [0, 0.05) is 13.3 Å². The zero-order chi connectivity index (χ0) is 35.2. The van der Waals surface area contributed by atoms with Crippen molar-refractivity contribution >= 4 is 11.9 Å². The lowest BCUT2D eigenvalue weighted by Crippen LogP contribution is -2.68. The van der Waals surface area contributed by atoms with Crippen LogP contribution in [0.4, 0.5) is 0 Å². The number of allylic oxidation sites excluding steroid dienone is 1. The largest absolute Gasteiger partial charge is 0.477 e. The van der Waals surface area contributed by atoms with Crippen molar-refractivity contribution in [2.45, 2.75) is 161 Å². The number of rotatable bonds is 12. The van der Waals surface area contributed by atoms with Crippen LogP contribution in [-0.2, 0) is 19.1 Å². The molecule has 0 radical (unpaired) electrons. The van der Waals surface area contributed by atoms with E-state index in [0.29, 0.717) is 30.1 Å². The van der Waals surface area contributed by atoms with Crippen molar-refractivity contribution in [3.05, 3.63) is 11.6 Å². The highest BCUT2D eigenvalue weighted by molar-refractivity contribution is 5.76. The van der Waals surface area contributed by atoms with Crippen LogP contribution in [0.25, 0.3) is 0 Å². The van der Waals surface area contributed by atoms with Crippen molar-refractivity contribution in [3.8, 4) is 0 Å². The third-order valence-electron chi connectivity index (χ3n) is 13.8. The van der Waals surface area contributed by atoms with Gasteiger partial charge in [0.25, 0.3) is 5.79 Å². The Morgan fingerprint density at radius 3 is 2.44 bits per heavy atom. The summed E-state index contributed by atoms with van der Waals surface area (Å²) in [6.07, 6.45) is 7.23. The average molecular weight is 678 g/mol. The molecule has 0 unspecified atom stereocenters. The van der Waals surface area contributed by atoms with Gasteiger partial charge in [0.15, 0.2) is 0 Å². The maximum absolute atomic E-state index is 12.8. The minimum absolute atomic E-state index is 0.0227. The molecule has 0 aromatic heterocycles. The highest BCUT2D eigenvalue weighted by Gasteiger charge is 2.61. The van der Waals surface area contributed by atoms with Gasteiger partial charge in [-0.05, 0) is 97.7 Å². The van der Waals surface area contributed by atoms with Crippen molar-refractivity contribution < 1.29 is 44.6 Å². The van der Waals surface area contributed by atoms with Crippen LogP contribution < -0.4 is 5.32 Å². The summed E-state index contributed by atoms with van der Waals surface area (Å²) in [6, 6.07) is -1.21. The van der Waals surface area contributed by atoms with Crippen LogP contribution in [0, 0.1) is 46.3 Å². The molecule has 1 amide bonds. The topological polar surface area (TPSA) is 166 Å². The highest BCUT2D eigenvalue weighted by Crippen LogP contribution is 2.67. The second kappa shape index (κ2) is 14.6. The molecule has 274 valence electrons. The molecule has 14 atom stereocenters. The molecule has 1 aliphatic heterocycles. The monoisotopic (exact) mass is 677 g/mol. The number of carbonyl (C=O) groups excluding carboxylic acids is 1. The van der Waals surface area contributed by atoms with Crippen molar-refractivity contribution in [2.24, 2.45) is 46.3 Å². The summed E-state index contributed by atoms with van der Waals surface area (Å²) in [5.41, 5.74) is 1.74. The van der Waals surface area contributed by atoms with Gasteiger partial charge in [0.2, 0.25) is 5.91 Å². The van der Waals surface area contributed by atoms with Gasteiger partial charge in [-0.2, -0.15) is 0 Å². The van der Waals surface area contributed by atoms with Gasteiger partial charge in [-0.1, -0.05) is 65.5 Å². The number of carboxylic acids is 1. The minimum atomic E-state index is -2.30. The van der Waals surface area contributed by atoms with Crippen molar-refractivity contribution in [2.75, 3.05) is 6.61 Å². The Morgan fingerprint density at radius 1 is 1.06 bits per heavy atom. The van der Waals surface area contributed by atoms with Crippen molar-refractivity contribution in [1.82, 2.24) is 5.32 Å². The number of aliphatic hydroxyl groups excluding tert-OH is 4. The third-order valence-corrected chi connectivity index (χ3v) is 13.8. The zero-order valence-corrected chi connectivity index (χ0v) is 30.1. The van der Waals surface area contributed by atoms with Crippen LogP contribution in [0.5, 0.6) is 0 Å². The minimum Gasteiger partial charge on any atom is -0.477 e. The fourth-order valence-electron chi connectivity index (χ4n) is 11.3. The van der Waals surface area contributed by atoms with E-state index in [1.807, 2.05) is 0 Å². The Balaban J connectivity index is 1.31. The van der Waals surface area contributed by atoms with E-state index >= 15 is 0 Å². The number of aliphatic hydroxyl groups is 4. The maximum Gasteiger partial charge on any atom is 0.364 e. The Kier molecular flexibility index (Phi) is 11.5. The number of fused-ring (bicyclic) bond motifs is 5. The number of carbonyl (C=O) groups is 2. The Labute approximate surface area is 287 Å². The summed E-state index contributed by atoms with van der Waals surface area (Å²) in [7, 11) is 0. The quantitative estimate of drug-likeness (QED) is 0.162.